The molecule has 2 rings (SSSR count). The van der Waals surface area contributed by atoms with Gasteiger partial charge in [-0.1, -0.05) is 18.2 Å². The fourth-order valence-electron chi connectivity index (χ4n) is 2.79. The number of benzene rings is 1. The largest absolute Gasteiger partial charge is 0.494 e. The maximum absolute atomic E-state index is 5.95. The van der Waals surface area contributed by atoms with Gasteiger partial charge in [-0.15, -0.1) is 0 Å². The molecule has 0 bridgehead atoms. The molecule has 0 heterocycles. The van der Waals surface area contributed by atoms with Crippen LogP contribution >= 0.6 is 0 Å². The average Bonchev–Trinajstić information content (AvgIpc) is 3.24. The molecule has 0 spiro atoms. The predicted molar refractivity (Wildman–Crippen MR) is 79.4 cm³/mol. The number of nitrogens with two attached hydrogens (primary N) is 1. The molecule has 1 aliphatic rings. The smallest absolute Gasteiger partial charge is 0.124 e. The van der Waals surface area contributed by atoms with Gasteiger partial charge < -0.3 is 10.5 Å². The van der Waals surface area contributed by atoms with Crippen LogP contribution in [0.5, 0.6) is 5.75 Å². The standard InChI is InChI=1S/C16H26N2O/c1-4-19-16-8-6-5-7-14(16)12(2)18(3)15(11-17)13-9-10-13/h5-8,12-13,15H,4,9-11,17H2,1-3H3. The molecule has 3 nitrogen and oxygen atoms in total. The van der Waals surface area contributed by atoms with Crippen molar-refractivity contribution in [3.8, 4) is 5.75 Å². The summed E-state index contributed by atoms with van der Waals surface area (Å²) in [5, 5.41) is 0. The van der Waals surface area contributed by atoms with Gasteiger partial charge in [0.25, 0.3) is 0 Å². The fraction of sp³-hybridized carbons (Fsp3) is 0.625. The second-order valence-corrected chi connectivity index (χ2v) is 5.45. The van der Waals surface area contributed by atoms with E-state index in [0.717, 1.165) is 18.2 Å². The van der Waals surface area contributed by atoms with Crippen molar-refractivity contribution in [1.82, 2.24) is 4.90 Å². The van der Waals surface area contributed by atoms with Crippen molar-refractivity contribution < 1.29 is 4.74 Å². The predicted octanol–water partition coefficient (Wildman–Crippen LogP) is 2.82. The van der Waals surface area contributed by atoms with Crippen LogP contribution in [0, 0.1) is 5.92 Å². The van der Waals surface area contributed by atoms with Crippen molar-refractivity contribution in [1.29, 1.82) is 0 Å². The second-order valence-electron chi connectivity index (χ2n) is 5.45. The van der Waals surface area contributed by atoms with E-state index in [0.29, 0.717) is 18.7 Å². The number of ether oxygens (including phenoxy) is 1. The van der Waals surface area contributed by atoms with E-state index in [1.54, 1.807) is 0 Å². The summed E-state index contributed by atoms with van der Waals surface area (Å²) >= 11 is 0. The maximum Gasteiger partial charge on any atom is 0.124 e. The van der Waals surface area contributed by atoms with Crippen molar-refractivity contribution in [3.05, 3.63) is 29.8 Å². The molecule has 1 saturated carbocycles. The molecule has 106 valence electrons. The van der Waals surface area contributed by atoms with E-state index in [9.17, 15) is 0 Å². The van der Waals surface area contributed by atoms with Gasteiger partial charge in [-0.3, -0.25) is 4.90 Å². The first-order valence-electron chi connectivity index (χ1n) is 7.32. The highest BCUT2D eigenvalue weighted by Gasteiger charge is 2.35. The summed E-state index contributed by atoms with van der Waals surface area (Å²) in [4.78, 5) is 2.41. The Labute approximate surface area is 116 Å². The molecule has 2 atom stereocenters. The Hall–Kier alpha value is -1.06. The van der Waals surface area contributed by atoms with Gasteiger partial charge in [-0.05, 0) is 45.7 Å². The summed E-state index contributed by atoms with van der Waals surface area (Å²) in [6, 6.07) is 9.14. The van der Waals surface area contributed by atoms with Crippen molar-refractivity contribution in [2.24, 2.45) is 11.7 Å². The summed E-state index contributed by atoms with van der Waals surface area (Å²) in [5.41, 5.74) is 7.21. The van der Waals surface area contributed by atoms with Gasteiger partial charge in [-0.25, -0.2) is 0 Å². The van der Waals surface area contributed by atoms with Crippen LogP contribution in [0.4, 0.5) is 0 Å². The molecule has 0 saturated heterocycles. The minimum absolute atomic E-state index is 0.330. The lowest BCUT2D eigenvalue weighted by molar-refractivity contribution is 0.166. The Bertz CT molecular complexity index is 403. The quantitative estimate of drug-likeness (QED) is 0.821. The highest BCUT2D eigenvalue weighted by molar-refractivity contribution is 5.35. The SMILES string of the molecule is CCOc1ccccc1C(C)N(C)C(CN)C1CC1. The summed E-state index contributed by atoms with van der Waals surface area (Å²) in [6.07, 6.45) is 2.65. The van der Waals surface area contributed by atoms with Crippen LogP contribution in [0.1, 0.15) is 38.3 Å². The summed E-state index contributed by atoms with van der Waals surface area (Å²) < 4.78 is 5.74. The number of hydrogen-bond donors (Lipinski definition) is 1. The molecule has 19 heavy (non-hydrogen) atoms. The number of nitrogens with zero attached hydrogens (tertiary/aromatic N) is 1. The van der Waals surface area contributed by atoms with Crippen LogP contribution in [0.3, 0.4) is 0 Å². The molecule has 1 aromatic rings. The summed E-state index contributed by atoms with van der Waals surface area (Å²) in [5.74, 6) is 1.78. The van der Waals surface area contributed by atoms with Crippen molar-refractivity contribution in [3.63, 3.8) is 0 Å². The average molecular weight is 262 g/mol. The zero-order valence-corrected chi connectivity index (χ0v) is 12.3. The van der Waals surface area contributed by atoms with E-state index >= 15 is 0 Å². The zero-order valence-electron chi connectivity index (χ0n) is 12.3. The van der Waals surface area contributed by atoms with Crippen molar-refractivity contribution in [2.75, 3.05) is 20.2 Å². The molecule has 1 fully saturated rings. The molecule has 0 aromatic heterocycles. The Morgan fingerprint density at radius 2 is 2.05 bits per heavy atom. The molecule has 0 radical (unpaired) electrons. The summed E-state index contributed by atoms with van der Waals surface area (Å²) in [6.45, 7) is 5.71. The van der Waals surface area contributed by atoms with Crippen LogP contribution in [0.2, 0.25) is 0 Å². The van der Waals surface area contributed by atoms with E-state index in [4.69, 9.17) is 10.5 Å². The zero-order chi connectivity index (χ0) is 13.8. The third-order valence-electron chi connectivity index (χ3n) is 4.21. The number of rotatable bonds is 7. The van der Waals surface area contributed by atoms with Gasteiger partial charge in [0.05, 0.1) is 6.61 Å². The number of likely N-dealkylation sites (N-methyl/N-ethyl adjacent to an activating group) is 1. The van der Waals surface area contributed by atoms with E-state index in [-0.39, 0.29) is 0 Å². The highest BCUT2D eigenvalue weighted by Crippen LogP contribution is 2.38. The van der Waals surface area contributed by atoms with E-state index < -0.39 is 0 Å². The van der Waals surface area contributed by atoms with Crippen molar-refractivity contribution >= 4 is 0 Å². The van der Waals surface area contributed by atoms with E-state index in [1.165, 1.54) is 18.4 Å². The molecule has 1 aliphatic carbocycles. The molecule has 3 heteroatoms. The van der Waals surface area contributed by atoms with Gasteiger partial charge in [0.15, 0.2) is 0 Å². The Balaban J connectivity index is 2.15. The highest BCUT2D eigenvalue weighted by atomic mass is 16.5. The first kappa shape index (κ1) is 14.4. The molecular weight excluding hydrogens is 236 g/mol. The molecule has 2 N–H and O–H groups in total. The van der Waals surface area contributed by atoms with Crippen LogP contribution in [0.25, 0.3) is 0 Å². The van der Waals surface area contributed by atoms with Gasteiger partial charge in [0, 0.05) is 24.2 Å². The fourth-order valence-corrected chi connectivity index (χ4v) is 2.79. The third-order valence-corrected chi connectivity index (χ3v) is 4.21. The Morgan fingerprint density at radius 1 is 1.37 bits per heavy atom. The number of hydrogen-bond acceptors (Lipinski definition) is 3. The third kappa shape index (κ3) is 3.28. The Morgan fingerprint density at radius 3 is 2.63 bits per heavy atom. The monoisotopic (exact) mass is 262 g/mol. The number of para-hydroxylation sites is 1. The Kier molecular flexibility index (Phi) is 4.83. The lowest BCUT2D eigenvalue weighted by Crippen LogP contribution is -2.41. The van der Waals surface area contributed by atoms with E-state index in [2.05, 4.69) is 37.1 Å². The normalized spacial score (nSPS) is 18.4. The lowest BCUT2D eigenvalue weighted by atomic mass is 10.0. The maximum atomic E-state index is 5.95. The van der Waals surface area contributed by atoms with Crippen LogP contribution < -0.4 is 10.5 Å². The van der Waals surface area contributed by atoms with Crippen molar-refractivity contribution in [2.45, 2.75) is 38.8 Å². The van der Waals surface area contributed by atoms with Gasteiger partial charge in [0.2, 0.25) is 0 Å². The van der Waals surface area contributed by atoms with Gasteiger partial charge >= 0.3 is 0 Å². The lowest BCUT2D eigenvalue weighted by Gasteiger charge is -2.33. The minimum atomic E-state index is 0.330. The van der Waals surface area contributed by atoms with E-state index in [1.807, 2.05) is 13.0 Å². The first-order chi connectivity index (χ1) is 9.19. The minimum Gasteiger partial charge on any atom is -0.494 e. The van der Waals surface area contributed by atoms with Gasteiger partial charge in [0.1, 0.15) is 5.75 Å². The van der Waals surface area contributed by atoms with Gasteiger partial charge in [-0.2, -0.15) is 0 Å². The van der Waals surface area contributed by atoms with Crippen LogP contribution in [0.15, 0.2) is 24.3 Å². The summed E-state index contributed by atoms with van der Waals surface area (Å²) in [7, 11) is 2.18. The molecule has 0 aliphatic heterocycles. The molecule has 2 unspecified atom stereocenters. The molecule has 0 amide bonds. The van der Waals surface area contributed by atoms with Crippen LogP contribution in [-0.2, 0) is 0 Å². The first-order valence-corrected chi connectivity index (χ1v) is 7.32. The molecule has 1 aromatic carbocycles. The second kappa shape index (κ2) is 6.40. The molecular formula is C16H26N2O. The topological polar surface area (TPSA) is 38.5 Å². The van der Waals surface area contributed by atoms with Crippen LogP contribution in [-0.4, -0.2) is 31.1 Å².